The van der Waals surface area contributed by atoms with Gasteiger partial charge >= 0.3 is 0 Å². The van der Waals surface area contributed by atoms with Crippen molar-refractivity contribution in [1.82, 2.24) is 10.6 Å². The molecule has 1 amide bonds. The highest BCUT2D eigenvalue weighted by Crippen LogP contribution is 2.20. The Morgan fingerprint density at radius 2 is 2.06 bits per heavy atom. The van der Waals surface area contributed by atoms with Crippen LogP contribution >= 0.6 is 12.4 Å². The normalized spacial score (nSPS) is 14.9. The highest BCUT2D eigenvalue weighted by molar-refractivity contribution is 5.94. The van der Waals surface area contributed by atoms with Crippen LogP contribution in [0.15, 0.2) is 18.2 Å². The van der Waals surface area contributed by atoms with Gasteiger partial charge in [-0.1, -0.05) is 0 Å². The number of carbonyl (C=O) groups is 1. The molecule has 1 aliphatic heterocycles. The monoisotopic (exact) mass is 273 g/mol. The minimum atomic E-state index is -0.340. The smallest absolute Gasteiger partial charge is 0.251 e. The van der Waals surface area contributed by atoms with Crippen molar-refractivity contribution < 1.29 is 9.18 Å². The molecule has 1 saturated heterocycles. The lowest BCUT2D eigenvalue weighted by molar-refractivity contribution is 0.0962. The molecule has 2 N–H and O–H groups in total. The molecular weight excluding hydrogens is 257 g/mol. The number of hydrogen-bond acceptors (Lipinski definition) is 3. The SMILES string of the molecule is CNC(=O)c1ccc(N2CCNCC2)c(F)c1.Cl. The third-order valence-electron chi connectivity index (χ3n) is 2.89. The summed E-state index contributed by atoms with van der Waals surface area (Å²) in [6.07, 6.45) is 0. The van der Waals surface area contributed by atoms with E-state index in [-0.39, 0.29) is 24.1 Å². The standard InChI is InChI=1S/C12H16FN3O.ClH/c1-14-12(17)9-2-3-11(10(13)8-9)16-6-4-15-5-7-16;/h2-3,8,15H,4-7H2,1H3,(H,14,17);1H. The summed E-state index contributed by atoms with van der Waals surface area (Å²) < 4.78 is 13.9. The third kappa shape index (κ3) is 3.11. The lowest BCUT2D eigenvalue weighted by Crippen LogP contribution is -2.43. The first-order valence-corrected chi connectivity index (χ1v) is 5.69. The molecule has 6 heteroatoms. The van der Waals surface area contributed by atoms with Gasteiger partial charge in [0.1, 0.15) is 5.82 Å². The van der Waals surface area contributed by atoms with Crippen LogP contribution in [0.1, 0.15) is 10.4 Å². The van der Waals surface area contributed by atoms with Gasteiger partial charge in [-0.15, -0.1) is 12.4 Å². The molecule has 18 heavy (non-hydrogen) atoms. The van der Waals surface area contributed by atoms with Crippen LogP contribution in [0.3, 0.4) is 0 Å². The molecule has 0 atom stereocenters. The van der Waals surface area contributed by atoms with E-state index in [2.05, 4.69) is 10.6 Å². The van der Waals surface area contributed by atoms with Crippen molar-refractivity contribution in [3.63, 3.8) is 0 Å². The van der Waals surface area contributed by atoms with Crippen LogP contribution in [0.5, 0.6) is 0 Å². The largest absolute Gasteiger partial charge is 0.367 e. The van der Waals surface area contributed by atoms with Gasteiger partial charge in [-0.2, -0.15) is 0 Å². The summed E-state index contributed by atoms with van der Waals surface area (Å²) in [6, 6.07) is 4.61. The molecule has 0 aliphatic carbocycles. The fourth-order valence-corrected chi connectivity index (χ4v) is 1.95. The Hall–Kier alpha value is -1.33. The Morgan fingerprint density at radius 3 is 2.61 bits per heavy atom. The molecule has 1 aliphatic rings. The fourth-order valence-electron chi connectivity index (χ4n) is 1.95. The summed E-state index contributed by atoms with van der Waals surface area (Å²) in [6.45, 7) is 3.29. The van der Waals surface area contributed by atoms with Crippen molar-refractivity contribution in [2.45, 2.75) is 0 Å². The molecule has 0 radical (unpaired) electrons. The number of benzene rings is 1. The van der Waals surface area contributed by atoms with Gasteiger partial charge < -0.3 is 15.5 Å². The summed E-state index contributed by atoms with van der Waals surface area (Å²) in [7, 11) is 1.53. The molecule has 0 saturated carbocycles. The zero-order valence-corrected chi connectivity index (χ0v) is 11.0. The van der Waals surface area contributed by atoms with Crippen LogP contribution in [-0.4, -0.2) is 39.1 Å². The third-order valence-corrected chi connectivity index (χ3v) is 2.89. The Morgan fingerprint density at radius 1 is 1.39 bits per heavy atom. The summed E-state index contributed by atoms with van der Waals surface area (Å²) in [4.78, 5) is 13.3. The molecule has 0 aromatic heterocycles. The molecule has 0 bridgehead atoms. The number of rotatable bonds is 2. The number of nitrogens with zero attached hydrogens (tertiary/aromatic N) is 1. The molecular formula is C12H17ClFN3O. The first-order valence-electron chi connectivity index (χ1n) is 5.69. The molecule has 0 unspecified atom stereocenters. The zero-order valence-electron chi connectivity index (χ0n) is 10.2. The van der Waals surface area contributed by atoms with Crippen molar-refractivity contribution in [2.75, 3.05) is 38.1 Å². The van der Waals surface area contributed by atoms with Gasteiger partial charge in [0.2, 0.25) is 0 Å². The number of piperazine rings is 1. The van der Waals surface area contributed by atoms with Gasteiger partial charge in [0.25, 0.3) is 5.91 Å². The molecule has 4 nitrogen and oxygen atoms in total. The highest BCUT2D eigenvalue weighted by Gasteiger charge is 2.15. The molecule has 0 spiro atoms. The molecule has 2 rings (SSSR count). The van der Waals surface area contributed by atoms with E-state index in [0.717, 1.165) is 26.2 Å². The number of halogens is 2. The Labute approximate surface area is 112 Å². The summed E-state index contributed by atoms with van der Waals surface area (Å²) in [5.41, 5.74) is 0.919. The van der Waals surface area contributed by atoms with Gasteiger partial charge in [0.15, 0.2) is 0 Å². The number of hydrogen-bond donors (Lipinski definition) is 2. The second-order valence-electron chi connectivity index (χ2n) is 3.98. The fraction of sp³-hybridized carbons (Fsp3) is 0.417. The van der Waals surface area contributed by atoms with Crippen LogP contribution in [0.25, 0.3) is 0 Å². The predicted molar refractivity (Wildman–Crippen MR) is 72.1 cm³/mol. The van der Waals surface area contributed by atoms with Gasteiger partial charge in [-0.25, -0.2) is 4.39 Å². The first-order chi connectivity index (χ1) is 8.22. The number of carbonyl (C=O) groups excluding carboxylic acids is 1. The van der Waals surface area contributed by atoms with Gasteiger partial charge in [0, 0.05) is 38.8 Å². The maximum Gasteiger partial charge on any atom is 0.251 e. The van der Waals surface area contributed by atoms with Crippen molar-refractivity contribution in [3.05, 3.63) is 29.6 Å². The lowest BCUT2D eigenvalue weighted by atomic mass is 10.1. The topological polar surface area (TPSA) is 44.4 Å². The summed E-state index contributed by atoms with van der Waals surface area (Å²) in [5, 5.41) is 5.69. The van der Waals surface area contributed by atoms with E-state index in [1.165, 1.54) is 13.1 Å². The Kier molecular flexibility index (Phi) is 5.37. The van der Waals surface area contributed by atoms with Crippen molar-refractivity contribution in [2.24, 2.45) is 0 Å². The molecule has 100 valence electrons. The number of amides is 1. The molecule has 1 fully saturated rings. The van der Waals surface area contributed by atoms with Crippen LogP contribution < -0.4 is 15.5 Å². The van der Waals surface area contributed by atoms with E-state index in [1.807, 2.05) is 4.90 Å². The second-order valence-corrected chi connectivity index (χ2v) is 3.98. The minimum absolute atomic E-state index is 0. The zero-order chi connectivity index (χ0) is 12.3. The van der Waals surface area contributed by atoms with E-state index in [4.69, 9.17) is 0 Å². The van der Waals surface area contributed by atoms with Crippen molar-refractivity contribution >= 4 is 24.0 Å². The molecule has 1 aromatic rings. The van der Waals surface area contributed by atoms with Crippen LogP contribution in [0.2, 0.25) is 0 Å². The average molecular weight is 274 g/mol. The van der Waals surface area contributed by atoms with Crippen LogP contribution in [0, 0.1) is 5.82 Å². The predicted octanol–water partition coefficient (Wildman–Crippen LogP) is 1.02. The molecule has 1 heterocycles. The van der Waals surface area contributed by atoms with E-state index in [1.54, 1.807) is 12.1 Å². The van der Waals surface area contributed by atoms with Crippen LogP contribution in [0.4, 0.5) is 10.1 Å². The van der Waals surface area contributed by atoms with E-state index >= 15 is 0 Å². The van der Waals surface area contributed by atoms with Crippen molar-refractivity contribution in [3.8, 4) is 0 Å². The lowest BCUT2D eigenvalue weighted by Gasteiger charge is -2.29. The Balaban J connectivity index is 0.00000162. The quantitative estimate of drug-likeness (QED) is 0.846. The molecule has 1 aromatic carbocycles. The Bertz CT molecular complexity index is 422. The summed E-state index contributed by atoms with van der Waals surface area (Å²) in [5.74, 6) is -0.608. The van der Waals surface area contributed by atoms with Gasteiger partial charge in [0.05, 0.1) is 5.69 Å². The highest BCUT2D eigenvalue weighted by atomic mass is 35.5. The van der Waals surface area contributed by atoms with Gasteiger partial charge in [-0.05, 0) is 18.2 Å². The van der Waals surface area contributed by atoms with Crippen LogP contribution in [-0.2, 0) is 0 Å². The number of anilines is 1. The maximum absolute atomic E-state index is 13.9. The average Bonchev–Trinajstić information content (AvgIpc) is 2.38. The minimum Gasteiger partial charge on any atom is -0.367 e. The first kappa shape index (κ1) is 14.7. The van der Waals surface area contributed by atoms with E-state index < -0.39 is 0 Å². The summed E-state index contributed by atoms with van der Waals surface area (Å²) >= 11 is 0. The van der Waals surface area contributed by atoms with E-state index in [9.17, 15) is 9.18 Å². The number of nitrogens with one attached hydrogen (secondary N) is 2. The maximum atomic E-state index is 13.9. The van der Waals surface area contributed by atoms with E-state index in [0.29, 0.717) is 11.3 Å². The van der Waals surface area contributed by atoms with Crippen molar-refractivity contribution in [1.29, 1.82) is 0 Å². The van der Waals surface area contributed by atoms with Gasteiger partial charge in [-0.3, -0.25) is 4.79 Å². The second kappa shape index (κ2) is 6.56.